The third-order valence-electron chi connectivity index (χ3n) is 2.76. The van der Waals surface area contributed by atoms with E-state index < -0.39 is 0 Å². The Morgan fingerprint density at radius 1 is 1.37 bits per heavy atom. The van der Waals surface area contributed by atoms with Crippen molar-refractivity contribution in [1.29, 1.82) is 0 Å². The van der Waals surface area contributed by atoms with Gasteiger partial charge < -0.3 is 10.1 Å². The van der Waals surface area contributed by atoms with Crippen LogP contribution in [0.25, 0.3) is 0 Å². The molecular formula is C15H22BrNO2. The van der Waals surface area contributed by atoms with Crippen LogP contribution in [-0.4, -0.2) is 23.9 Å². The van der Waals surface area contributed by atoms with Gasteiger partial charge in [0, 0.05) is 6.54 Å². The quantitative estimate of drug-likeness (QED) is 0.587. The molecule has 0 bridgehead atoms. The van der Waals surface area contributed by atoms with Crippen LogP contribution in [0.1, 0.15) is 32.3 Å². The molecule has 0 saturated heterocycles. The average molecular weight is 328 g/mol. The van der Waals surface area contributed by atoms with Gasteiger partial charge in [-0.1, -0.05) is 41.4 Å². The summed E-state index contributed by atoms with van der Waals surface area (Å²) in [5, 5.41) is 2.87. The van der Waals surface area contributed by atoms with Gasteiger partial charge in [0.05, 0.1) is 11.4 Å². The highest BCUT2D eigenvalue weighted by molar-refractivity contribution is 9.10. The van der Waals surface area contributed by atoms with Crippen molar-refractivity contribution in [2.24, 2.45) is 0 Å². The molecule has 0 spiro atoms. The number of alkyl halides is 1. The van der Waals surface area contributed by atoms with E-state index in [1.807, 2.05) is 31.2 Å². The first-order valence-electron chi connectivity index (χ1n) is 6.77. The Balaban J connectivity index is 2.30. The molecule has 1 aromatic carbocycles. The van der Waals surface area contributed by atoms with Crippen LogP contribution < -0.4 is 10.1 Å². The molecule has 0 saturated carbocycles. The predicted molar refractivity (Wildman–Crippen MR) is 81.9 cm³/mol. The fraction of sp³-hybridized carbons (Fsp3) is 0.533. The van der Waals surface area contributed by atoms with E-state index >= 15 is 0 Å². The summed E-state index contributed by atoms with van der Waals surface area (Å²) in [6.07, 6.45) is 3.06. The van der Waals surface area contributed by atoms with Gasteiger partial charge in [-0.2, -0.15) is 0 Å². The number of benzene rings is 1. The Morgan fingerprint density at radius 3 is 2.63 bits per heavy atom. The molecule has 0 aliphatic heterocycles. The first-order chi connectivity index (χ1) is 9.13. The molecule has 0 aliphatic rings. The van der Waals surface area contributed by atoms with Crippen LogP contribution in [0.5, 0.6) is 5.75 Å². The Bertz CT molecular complexity index is 376. The van der Waals surface area contributed by atoms with Gasteiger partial charge in [-0.05, 0) is 37.5 Å². The maximum absolute atomic E-state index is 11.4. The van der Waals surface area contributed by atoms with Crippen LogP contribution >= 0.6 is 15.9 Å². The van der Waals surface area contributed by atoms with E-state index in [2.05, 4.69) is 28.2 Å². The second kappa shape index (κ2) is 8.97. The number of ether oxygens (including phenoxy) is 1. The second-order valence-electron chi connectivity index (χ2n) is 4.50. The monoisotopic (exact) mass is 327 g/mol. The fourth-order valence-electron chi connectivity index (χ4n) is 1.56. The molecule has 0 heterocycles. The molecule has 0 aromatic heterocycles. The van der Waals surface area contributed by atoms with Crippen molar-refractivity contribution < 1.29 is 9.53 Å². The topological polar surface area (TPSA) is 38.3 Å². The molecule has 106 valence electrons. The summed E-state index contributed by atoms with van der Waals surface area (Å²) in [6.45, 7) is 5.40. The number of hydrogen-bond acceptors (Lipinski definition) is 2. The Hall–Kier alpha value is -1.03. The Kier molecular flexibility index (Phi) is 7.56. The van der Waals surface area contributed by atoms with E-state index in [9.17, 15) is 4.79 Å². The lowest BCUT2D eigenvalue weighted by Gasteiger charge is -2.08. The van der Waals surface area contributed by atoms with Crippen molar-refractivity contribution >= 4 is 21.8 Å². The van der Waals surface area contributed by atoms with Crippen molar-refractivity contribution in [1.82, 2.24) is 5.32 Å². The van der Waals surface area contributed by atoms with Crippen LogP contribution in [0.15, 0.2) is 24.3 Å². The number of hydrogen-bond donors (Lipinski definition) is 1. The molecule has 0 fully saturated rings. The number of carbonyl (C=O) groups is 1. The molecular weight excluding hydrogens is 306 g/mol. The van der Waals surface area contributed by atoms with Crippen LogP contribution in [0.2, 0.25) is 0 Å². The van der Waals surface area contributed by atoms with Gasteiger partial charge in [-0.15, -0.1) is 0 Å². The van der Waals surface area contributed by atoms with Gasteiger partial charge in [0.1, 0.15) is 5.75 Å². The van der Waals surface area contributed by atoms with Crippen LogP contribution in [0.4, 0.5) is 0 Å². The van der Waals surface area contributed by atoms with Crippen molar-refractivity contribution in [2.45, 2.75) is 37.9 Å². The van der Waals surface area contributed by atoms with Gasteiger partial charge in [0.2, 0.25) is 5.91 Å². The smallest absolute Gasteiger partial charge is 0.233 e. The molecule has 1 rings (SSSR count). The van der Waals surface area contributed by atoms with E-state index in [4.69, 9.17) is 4.74 Å². The van der Waals surface area contributed by atoms with Crippen LogP contribution in [0.3, 0.4) is 0 Å². The number of unbranched alkanes of at least 4 members (excludes halogenated alkanes) is 1. The van der Waals surface area contributed by atoms with Gasteiger partial charge in [-0.25, -0.2) is 0 Å². The number of amides is 1. The molecule has 1 aromatic rings. The van der Waals surface area contributed by atoms with Crippen LogP contribution in [0, 0.1) is 0 Å². The minimum atomic E-state index is -0.137. The van der Waals surface area contributed by atoms with Crippen molar-refractivity contribution in [3.05, 3.63) is 29.8 Å². The molecule has 1 unspecified atom stereocenters. The molecule has 0 radical (unpaired) electrons. The SMILES string of the molecule is CCCCOc1ccc(CCNC(=O)C(C)Br)cc1. The zero-order valence-corrected chi connectivity index (χ0v) is 13.2. The lowest BCUT2D eigenvalue weighted by molar-refractivity contribution is -0.120. The molecule has 1 atom stereocenters. The largest absolute Gasteiger partial charge is 0.494 e. The molecule has 0 aliphatic carbocycles. The molecule has 1 N–H and O–H groups in total. The minimum absolute atomic E-state index is 0.0273. The van der Waals surface area contributed by atoms with Gasteiger partial charge >= 0.3 is 0 Å². The van der Waals surface area contributed by atoms with Gasteiger partial charge in [-0.3, -0.25) is 4.79 Å². The molecule has 19 heavy (non-hydrogen) atoms. The summed E-state index contributed by atoms with van der Waals surface area (Å²) in [6, 6.07) is 8.07. The second-order valence-corrected chi connectivity index (χ2v) is 5.88. The normalized spacial score (nSPS) is 11.9. The molecule has 4 heteroatoms. The third kappa shape index (κ3) is 6.62. The highest BCUT2D eigenvalue weighted by Gasteiger charge is 2.06. The Morgan fingerprint density at radius 2 is 2.05 bits per heavy atom. The Labute approximate surface area is 123 Å². The summed E-state index contributed by atoms with van der Waals surface area (Å²) in [5.41, 5.74) is 1.20. The summed E-state index contributed by atoms with van der Waals surface area (Å²) in [5.74, 6) is 0.940. The predicted octanol–water partition coefficient (Wildman–Crippen LogP) is 3.31. The average Bonchev–Trinajstić information content (AvgIpc) is 2.40. The van der Waals surface area contributed by atoms with Crippen LogP contribution in [-0.2, 0) is 11.2 Å². The third-order valence-corrected chi connectivity index (χ3v) is 3.18. The summed E-state index contributed by atoms with van der Waals surface area (Å²) >= 11 is 3.24. The maximum Gasteiger partial charge on any atom is 0.233 e. The summed E-state index contributed by atoms with van der Waals surface area (Å²) in [7, 11) is 0. The first kappa shape index (κ1) is 16.0. The minimum Gasteiger partial charge on any atom is -0.494 e. The van der Waals surface area contributed by atoms with Gasteiger partial charge in [0.25, 0.3) is 0 Å². The number of nitrogens with one attached hydrogen (secondary N) is 1. The number of halogens is 1. The van der Waals surface area contributed by atoms with Crippen molar-refractivity contribution in [3.63, 3.8) is 0 Å². The summed E-state index contributed by atoms with van der Waals surface area (Å²) in [4.78, 5) is 11.2. The zero-order valence-electron chi connectivity index (χ0n) is 11.6. The number of rotatable bonds is 8. The van der Waals surface area contributed by atoms with E-state index in [0.717, 1.165) is 31.6 Å². The van der Waals surface area contributed by atoms with E-state index in [0.29, 0.717) is 6.54 Å². The lowest BCUT2D eigenvalue weighted by atomic mass is 10.1. The molecule has 3 nitrogen and oxygen atoms in total. The molecule has 1 amide bonds. The highest BCUT2D eigenvalue weighted by Crippen LogP contribution is 2.13. The zero-order chi connectivity index (χ0) is 14.1. The first-order valence-corrected chi connectivity index (χ1v) is 7.68. The fourth-order valence-corrected chi connectivity index (χ4v) is 1.72. The maximum atomic E-state index is 11.4. The van der Waals surface area contributed by atoms with Gasteiger partial charge in [0.15, 0.2) is 0 Å². The van der Waals surface area contributed by atoms with E-state index in [1.165, 1.54) is 5.56 Å². The van der Waals surface area contributed by atoms with E-state index in [1.54, 1.807) is 0 Å². The lowest BCUT2D eigenvalue weighted by Crippen LogP contribution is -2.30. The number of carbonyl (C=O) groups excluding carboxylic acids is 1. The summed E-state index contributed by atoms with van der Waals surface area (Å²) < 4.78 is 5.60. The van der Waals surface area contributed by atoms with E-state index in [-0.39, 0.29) is 10.7 Å². The van der Waals surface area contributed by atoms with Crippen molar-refractivity contribution in [3.8, 4) is 5.75 Å². The van der Waals surface area contributed by atoms with Crippen molar-refractivity contribution in [2.75, 3.05) is 13.2 Å². The highest BCUT2D eigenvalue weighted by atomic mass is 79.9. The standard InChI is InChI=1S/C15H22BrNO2/c1-3-4-11-19-14-7-5-13(6-8-14)9-10-17-15(18)12(2)16/h5-8,12H,3-4,9-11H2,1-2H3,(H,17,18).